The first-order valence-corrected chi connectivity index (χ1v) is 9.19. The van der Waals surface area contributed by atoms with Crippen molar-refractivity contribution >= 4 is 6.09 Å². The van der Waals surface area contributed by atoms with Gasteiger partial charge >= 0.3 is 6.09 Å². The molecule has 134 valence electrons. The number of nitrogens with zero attached hydrogens (tertiary/aromatic N) is 1. The van der Waals surface area contributed by atoms with Crippen LogP contribution in [0.3, 0.4) is 0 Å². The monoisotopic (exact) mass is 332 g/mol. The van der Waals surface area contributed by atoms with Crippen molar-refractivity contribution in [2.24, 2.45) is 0 Å². The van der Waals surface area contributed by atoms with Crippen LogP contribution in [0.15, 0.2) is 30.3 Å². The fourth-order valence-corrected chi connectivity index (χ4v) is 3.05. The van der Waals surface area contributed by atoms with Crippen molar-refractivity contribution < 1.29 is 9.53 Å². The topological polar surface area (TPSA) is 41.6 Å². The van der Waals surface area contributed by atoms with Crippen LogP contribution in [-0.4, -0.2) is 42.3 Å². The molecular weight excluding hydrogens is 300 g/mol. The van der Waals surface area contributed by atoms with E-state index in [9.17, 15) is 4.79 Å². The number of carbonyl (C=O) groups excluding carboxylic acids is 1. The lowest BCUT2D eigenvalue weighted by Gasteiger charge is -2.32. The normalized spacial score (nSPS) is 18.2. The standard InChI is InChI=1S/C20H32N2O2/c1-20(2,3)24-19(23)22(16-18-13-7-8-14-21-18)15-9-12-17-10-5-4-6-11-17/h4-6,10-11,18,21H,7-9,12-16H2,1-3H3/t18-/m1/s1. The summed E-state index contributed by atoms with van der Waals surface area (Å²) in [6.45, 7) is 8.30. The van der Waals surface area contributed by atoms with E-state index in [1.165, 1.54) is 18.4 Å². The van der Waals surface area contributed by atoms with Gasteiger partial charge in [-0.1, -0.05) is 36.8 Å². The van der Waals surface area contributed by atoms with E-state index in [1.54, 1.807) is 0 Å². The third-order valence-corrected chi connectivity index (χ3v) is 4.24. The predicted molar refractivity (Wildman–Crippen MR) is 98.2 cm³/mol. The maximum atomic E-state index is 12.6. The highest BCUT2D eigenvalue weighted by Crippen LogP contribution is 2.14. The molecule has 2 rings (SSSR count). The van der Waals surface area contributed by atoms with Crippen LogP contribution in [0.4, 0.5) is 4.79 Å². The summed E-state index contributed by atoms with van der Waals surface area (Å²) >= 11 is 0. The van der Waals surface area contributed by atoms with E-state index >= 15 is 0 Å². The third kappa shape index (κ3) is 6.91. The largest absolute Gasteiger partial charge is 0.444 e. The van der Waals surface area contributed by atoms with E-state index in [0.717, 1.165) is 38.9 Å². The molecule has 1 aromatic carbocycles. The number of hydrogen-bond donors (Lipinski definition) is 1. The minimum atomic E-state index is -0.450. The molecule has 0 aromatic heterocycles. The van der Waals surface area contributed by atoms with Crippen LogP contribution >= 0.6 is 0 Å². The predicted octanol–water partition coefficient (Wildman–Crippen LogP) is 4.00. The van der Waals surface area contributed by atoms with Gasteiger partial charge < -0.3 is 15.0 Å². The molecule has 24 heavy (non-hydrogen) atoms. The molecule has 0 saturated carbocycles. The zero-order valence-corrected chi connectivity index (χ0v) is 15.4. The minimum absolute atomic E-state index is 0.192. The molecule has 1 aromatic rings. The van der Waals surface area contributed by atoms with E-state index in [1.807, 2.05) is 31.7 Å². The molecule has 1 atom stereocenters. The molecule has 1 amide bonds. The number of benzene rings is 1. The van der Waals surface area contributed by atoms with E-state index in [4.69, 9.17) is 4.74 Å². The summed E-state index contributed by atoms with van der Waals surface area (Å²) in [5.41, 5.74) is 0.867. The molecule has 0 bridgehead atoms. The Morgan fingerprint density at radius 3 is 2.62 bits per heavy atom. The van der Waals surface area contributed by atoms with Crippen molar-refractivity contribution in [2.45, 2.75) is 64.5 Å². The van der Waals surface area contributed by atoms with E-state index in [0.29, 0.717) is 6.04 Å². The first-order chi connectivity index (χ1) is 11.4. The summed E-state index contributed by atoms with van der Waals surface area (Å²) in [4.78, 5) is 14.4. The number of rotatable bonds is 6. The first kappa shape index (κ1) is 18.8. The van der Waals surface area contributed by atoms with Crippen molar-refractivity contribution in [3.05, 3.63) is 35.9 Å². The minimum Gasteiger partial charge on any atom is -0.444 e. The van der Waals surface area contributed by atoms with Gasteiger partial charge in [0.2, 0.25) is 0 Å². The second-order valence-electron chi connectivity index (χ2n) is 7.66. The molecule has 1 aliphatic heterocycles. The van der Waals surface area contributed by atoms with Gasteiger partial charge in [0.05, 0.1) is 0 Å². The second kappa shape index (κ2) is 9.07. The zero-order chi connectivity index (χ0) is 17.4. The smallest absolute Gasteiger partial charge is 0.410 e. The van der Waals surface area contributed by atoms with Gasteiger partial charge in [0.15, 0.2) is 0 Å². The number of piperidine rings is 1. The van der Waals surface area contributed by atoms with Gasteiger partial charge in [-0.25, -0.2) is 4.79 Å². The van der Waals surface area contributed by atoms with Crippen LogP contribution in [0, 0.1) is 0 Å². The number of carbonyl (C=O) groups is 1. The number of hydrogen-bond acceptors (Lipinski definition) is 3. The molecule has 0 aliphatic carbocycles. The summed E-state index contributed by atoms with van der Waals surface area (Å²) in [6.07, 6.45) is 5.36. The Morgan fingerprint density at radius 1 is 1.25 bits per heavy atom. The molecule has 1 N–H and O–H groups in total. The van der Waals surface area contributed by atoms with Crippen molar-refractivity contribution in [1.82, 2.24) is 10.2 Å². The molecule has 4 heteroatoms. The Balaban J connectivity index is 1.89. The quantitative estimate of drug-likeness (QED) is 0.856. The maximum Gasteiger partial charge on any atom is 0.410 e. The second-order valence-corrected chi connectivity index (χ2v) is 7.66. The van der Waals surface area contributed by atoms with Gasteiger partial charge in [-0.2, -0.15) is 0 Å². The summed E-state index contributed by atoms with van der Waals surface area (Å²) in [5, 5.41) is 3.53. The van der Waals surface area contributed by atoms with Gasteiger partial charge in [0.1, 0.15) is 5.60 Å². The molecule has 1 fully saturated rings. The van der Waals surface area contributed by atoms with Gasteiger partial charge in [-0.15, -0.1) is 0 Å². The average molecular weight is 332 g/mol. The summed E-state index contributed by atoms with van der Waals surface area (Å²) in [7, 11) is 0. The highest BCUT2D eigenvalue weighted by molar-refractivity contribution is 5.68. The fourth-order valence-electron chi connectivity index (χ4n) is 3.05. The zero-order valence-electron chi connectivity index (χ0n) is 15.4. The summed E-state index contributed by atoms with van der Waals surface area (Å²) < 4.78 is 5.60. The lowest BCUT2D eigenvalue weighted by molar-refractivity contribution is 0.0224. The highest BCUT2D eigenvalue weighted by atomic mass is 16.6. The Hall–Kier alpha value is -1.55. The van der Waals surface area contributed by atoms with Crippen molar-refractivity contribution in [3.8, 4) is 0 Å². The van der Waals surface area contributed by atoms with Crippen molar-refractivity contribution in [2.75, 3.05) is 19.6 Å². The average Bonchev–Trinajstić information content (AvgIpc) is 2.54. The number of amides is 1. The molecule has 0 radical (unpaired) electrons. The Bertz CT molecular complexity index is 490. The SMILES string of the molecule is CC(C)(C)OC(=O)N(CCCc1ccccc1)C[C@H]1CCCCN1. The molecule has 1 aliphatic rings. The van der Waals surface area contributed by atoms with E-state index < -0.39 is 5.60 Å². The summed E-state index contributed by atoms with van der Waals surface area (Å²) in [5.74, 6) is 0. The van der Waals surface area contributed by atoms with Gasteiger partial charge in [0.25, 0.3) is 0 Å². The third-order valence-electron chi connectivity index (χ3n) is 4.24. The highest BCUT2D eigenvalue weighted by Gasteiger charge is 2.25. The molecule has 1 saturated heterocycles. The van der Waals surface area contributed by atoms with Gasteiger partial charge in [-0.3, -0.25) is 0 Å². The molecule has 0 spiro atoms. The maximum absolute atomic E-state index is 12.6. The summed E-state index contributed by atoms with van der Waals surface area (Å²) in [6, 6.07) is 10.8. The van der Waals surface area contributed by atoms with E-state index in [2.05, 4.69) is 29.6 Å². The van der Waals surface area contributed by atoms with Crippen LogP contribution in [0.25, 0.3) is 0 Å². The first-order valence-electron chi connectivity index (χ1n) is 9.19. The van der Waals surface area contributed by atoms with Crippen molar-refractivity contribution in [1.29, 1.82) is 0 Å². The number of nitrogens with one attached hydrogen (secondary N) is 1. The fraction of sp³-hybridized carbons (Fsp3) is 0.650. The van der Waals surface area contributed by atoms with Crippen LogP contribution < -0.4 is 5.32 Å². The molecule has 4 nitrogen and oxygen atoms in total. The van der Waals surface area contributed by atoms with Crippen LogP contribution in [0.5, 0.6) is 0 Å². The van der Waals surface area contributed by atoms with Crippen LogP contribution in [0.1, 0.15) is 52.0 Å². The van der Waals surface area contributed by atoms with Gasteiger partial charge in [-0.05, 0) is 58.6 Å². The van der Waals surface area contributed by atoms with Gasteiger partial charge in [0, 0.05) is 19.1 Å². The van der Waals surface area contributed by atoms with Crippen LogP contribution in [0.2, 0.25) is 0 Å². The molecular formula is C20H32N2O2. The van der Waals surface area contributed by atoms with Crippen molar-refractivity contribution in [3.63, 3.8) is 0 Å². The Morgan fingerprint density at radius 2 is 2.00 bits per heavy atom. The lowest BCUT2D eigenvalue weighted by Crippen LogP contribution is -2.47. The number of aryl methyl sites for hydroxylation is 1. The van der Waals surface area contributed by atoms with E-state index in [-0.39, 0.29) is 6.09 Å². The molecule has 1 heterocycles. The Labute approximate surface area is 146 Å². The lowest BCUT2D eigenvalue weighted by atomic mass is 10.0. The van der Waals surface area contributed by atoms with Crippen LogP contribution in [-0.2, 0) is 11.2 Å². The number of ether oxygens (including phenoxy) is 1. The molecule has 0 unspecified atom stereocenters. The Kier molecular flexibility index (Phi) is 7.10.